The molecule has 0 radical (unpaired) electrons. The predicted molar refractivity (Wildman–Crippen MR) is 101 cm³/mol. The Kier molecular flexibility index (Phi) is 7.76. The van der Waals surface area contributed by atoms with Crippen LogP contribution >= 0.6 is 0 Å². The molecule has 1 heterocycles. The highest BCUT2D eigenvalue weighted by Crippen LogP contribution is 2.10. The molecular formula is C20H25N3O4. The molecule has 2 aromatic rings. The molecule has 0 aliphatic carbocycles. The van der Waals surface area contributed by atoms with Gasteiger partial charge >= 0.3 is 6.09 Å². The molecule has 0 saturated carbocycles. The largest absolute Gasteiger partial charge is 0.465 e. The van der Waals surface area contributed by atoms with E-state index in [1.165, 1.54) is 6.20 Å². The van der Waals surface area contributed by atoms with Crippen LogP contribution in [0.2, 0.25) is 0 Å². The molecule has 2 amide bonds. The van der Waals surface area contributed by atoms with Gasteiger partial charge in [-0.1, -0.05) is 36.4 Å². The summed E-state index contributed by atoms with van der Waals surface area (Å²) >= 11 is 0. The summed E-state index contributed by atoms with van der Waals surface area (Å²) in [5.41, 5.74) is 2.03. The summed E-state index contributed by atoms with van der Waals surface area (Å²) in [5.74, 6) is -0.203. The van der Waals surface area contributed by atoms with E-state index in [2.05, 4.69) is 10.3 Å². The standard InChI is InChI=1S/C20H25N3O4/c1-23(19(25)18-10-9-16(14-24)13-21-18)11-5-8-17(22-20(26)27)12-15-6-3-2-4-7-15/h2-4,6-7,9-10,13,17,22,24H,5,8,11-12,14H2,1H3,(H,26,27). The van der Waals surface area contributed by atoms with Crippen molar-refractivity contribution < 1.29 is 19.8 Å². The van der Waals surface area contributed by atoms with Crippen molar-refractivity contribution in [3.8, 4) is 0 Å². The maximum atomic E-state index is 12.4. The average Bonchev–Trinajstić information content (AvgIpc) is 2.67. The number of carbonyl (C=O) groups is 2. The molecule has 1 atom stereocenters. The second kappa shape index (κ2) is 10.3. The third kappa shape index (κ3) is 6.71. The first-order valence-electron chi connectivity index (χ1n) is 8.84. The Morgan fingerprint density at radius 1 is 1.15 bits per heavy atom. The highest BCUT2D eigenvalue weighted by atomic mass is 16.4. The van der Waals surface area contributed by atoms with Crippen LogP contribution in [0.15, 0.2) is 48.7 Å². The van der Waals surface area contributed by atoms with Crippen LogP contribution in [0.1, 0.15) is 34.5 Å². The zero-order chi connectivity index (χ0) is 19.6. The molecule has 0 aliphatic heterocycles. The van der Waals surface area contributed by atoms with Crippen molar-refractivity contribution in [1.82, 2.24) is 15.2 Å². The van der Waals surface area contributed by atoms with Gasteiger partial charge in [-0.25, -0.2) is 4.79 Å². The van der Waals surface area contributed by atoms with E-state index in [1.807, 2.05) is 30.3 Å². The van der Waals surface area contributed by atoms with Gasteiger partial charge in [0, 0.05) is 25.8 Å². The van der Waals surface area contributed by atoms with Crippen molar-refractivity contribution in [2.75, 3.05) is 13.6 Å². The fourth-order valence-corrected chi connectivity index (χ4v) is 2.81. The van der Waals surface area contributed by atoms with Crippen molar-refractivity contribution in [3.05, 3.63) is 65.5 Å². The van der Waals surface area contributed by atoms with Gasteiger partial charge in [0.2, 0.25) is 0 Å². The monoisotopic (exact) mass is 371 g/mol. The normalized spacial score (nSPS) is 11.6. The SMILES string of the molecule is CN(CCCC(Cc1ccccc1)NC(=O)O)C(=O)c1ccc(CO)cn1. The van der Waals surface area contributed by atoms with Gasteiger partial charge in [0.1, 0.15) is 5.69 Å². The number of nitrogens with one attached hydrogen (secondary N) is 1. The molecule has 7 nitrogen and oxygen atoms in total. The van der Waals surface area contributed by atoms with E-state index < -0.39 is 6.09 Å². The van der Waals surface area contributed by atoms with E-state index in [-0.39, 0.29) is 18.6 Å². The molecule has 1 aromatic carbocycles. The lowest BCUT2D eigenvalue weighted by molar-refractivity contribution is 0.0785. The van der Waals surface area contributed by atoms with E-state index in [9.17, 15) is 9.59 Å². The van der Waals surface area contributed by atoms with Crippen LogP contribution in [-0.4, -0.2) is 51.7 Å². The number of carbonyl (C=O) groups excluding carboxylic acids is 1. The van der Waals surface area contributed by atoms with Gasteiger partial charge in [-0.15, -0.1) is 0 Å². The molecule has 3 N–H and O–H groups in total. The molecule has 27 heavy (non-hydrogen) atoms. The fourth-order valence-electron chi connectivity index (χ4n) is 2.81. The van der Waals surface area contributed by atoms with Crippen LogP contribution in [0.25, 0.3) is 0 Å². The molecule has 0 saturated heterocycles. The molecule has 0 spiro atoms. The van der Waals surface area contributed by atoms with Crippen molar-refractivity contribution >= 4 is 12.0 Å². The van der Waals surface area contributed by atoms with E-state index >= 15 is 0 Å². The third-order valence-electron chi connectivity index (χ3n) is 4.27. The Hall–Kier alpha value is -2.93. The Morgan fingerprint density at radius 2 is 1.89 bits per heavy atom. The lowest BCUT2D eigenvalue weighted by Gasteiger charge is -2.20. The van der Waals surface area contributed by atoms with E-state index in [4.69, 9.17) is 10.2 Å². The number of rotatable bonds is 9. The summed E-state index contributed by atoms with van der Waals surface area (Å²) in [6, 6.07) is 12.8. The quantitative estimate of drug-likeness (QED) is 0.628. The van der Waals surface area contributed by atoms with Crippen molar-refractivity contribution in [3.63, 3.8) is 0 Å². The van der Waals surface area contributed by atoms with Crippen molar-refractivity contribution in [2.45, 2.75) is 31.9 Å². The van der Waals surface area contributed by atoms with E-state index in [0.717, 1.165) is 5.56 Å². The summed E-state index contributed by atoms with van der Waals surface area (Å²) < 4.78 is 0. The predicted octanol–water partition coefficient (Wildman–Crippen LogP) is 2.31. The molecule has 7 heteroatoms. The number of aliphatic hydroxyl groups is 1. The molecule has 144 valence electrons. The van der Waals surface area contributed by atoms with Gasteiger partial charge in [0.15, 0.2) is 0 Å². The van der Waals surface area contributed by atoms with E-state index in [0.29, 0.717) is 37.1 Å². The van der Waals surface area contributed by atoms with Gasteiger partial charge < -0.3 is 20.4 Å². The number of nitrogens with zero attached hydrogens (tertiary/aromatic N) is 2. The highest BCUT2D eigenvalue weighted by molar-refractivity contribution is 5.92. The van der Waals surface area contributed by atoms with Crippen LogP contribution < -0.4 is 5.32 Å². The van der Waals surface area contributed by atoms with Gasteiger partial charge in [0.05, 0.1) is 6.61 Å². The van der Waals surface area contributed by atoms with E-state index in [1.54, 1.807) is 24.1 Å². The minimum absolute atomic E-state index is 0.114. The van der Waals surface area contributed by atoms with Crippen LogP contribution in [0.5, 0.6) is 0 Å². The smallest absolute Gasteiger partial charge is 0.404 e. The molecule has 1 aromatic heterocycles. The van der Waals surface area contributed by atoms with Crippen LogP contribution in [0, 0.1) is 0 Å². The zero-order valence-electron chi connectivity index (χ0n) is 15.3. The summed E-state index contributed by atoms with van der Waals surface area (Å²) in [6.07, 6.45) is 2.32. The van der Waals surface area contributed by atoms with Crippen LogP contribution in [0.4, 0.5) is 4.79 Å². The highest BCUT2D eigenvalue weighted by Gasteiger charge is 2.16. The molecule has 0 aliphatic rings. The molecular weight excluding hydrogens is 346 g/mol. The Balaban J connectivity index is 1.86. The van der Waals surface area contributed by atoms with Crippen molar-refractivity contribution in [1.29, 1.82) is 0 Å². The first kappa shape index (κ1) is 20.4. The Morgan fingerprint density at radius 3 is 2.48 bits per heavy atom. The van der Waals surface area contributed by atoms with Gasteiger partial charge in [-0.3, -0.25) is 9.78 Å². The molecule has 0 fully saturated rings. The molecule has 0 bridgehead atoms. The van der Waals surface area contributed by atoms with Crippen molar-refractivity contribution in [2.24, 2.45) is 0 Å². The van der Waals surface area contributed by atoms with Gasteiger partial charge in [-0.05, 0) is 36.5 Å². The number of benzene rings is 1. The first-order chi connectivity index (χ1) is 13.0. The number of carboxylic acid groups (broad SMARTS) is 1. The fraction of sp³-hybridized carbons (Fsp3) is 0.350. The number of aromatic nitrogens is 1. The lowest BCUT2D eigenvalue weighted by atomic mass is 10.0. The summed E-state index contributed by atoms with van der Waals surface area (Å²) in [7, 11) is 1.70. The number of hydrogen-bond acceptors (Lipinski definition) is 4. The molecule has 1 unspecified atom stereocenters. The second-order valence-corrected chi connectivity index (χ2v) is 6.41. The maximum absolute atomic E-state index is 12.4. The minimum Gasteiger partial charge on any atom is -0.465 e. The maximum Gasteiger partial charge on any atom is 0.404 e. The summed E-state index contributed by atoms with van der Waals surface area (Å²) in [4.78, 5) is 29.1. The Labute approximate surface area is 158 Å². The number of pyridine rings is 1. The number of amides is 2. The van der Waals surface area contributed by atoms with Crippen LogP contribution in [0.3, 0.4) is 0 Å². The summed E-state index contributed by atoms with van der Waals surface area (Å²) in [6.45, 7) is 0.380. The lowest BCUT2D eigenvalue weighted by Crippen LogP contribution is -2.36. The summed E-state index contributed by atoms with van der Waals surface area (Å²) in [5, 5.41) is 20.6. The number of hydrogen-bond donors (Lipinski definition) is 3. The average molecular weight is 371 g/mol. The minimum atomic E-state index is -1.05. The third-order valence-corrected chi connectivity index (χ3v) is 4.27. The van der Waals surface area contributed by atoms with Crippen LogP contribution in [-0.2, 0) is 13.0 Å². The topological polar surface area (TPSA) is 103 Å². The van der Waals surface area contributed by atoms with Gasteiger partial charge in [-0.2, -0.15) is 0 Å². The first-order valence-corrected chi connectivity index (χ1v) is 8.84. The molecule has 2 rings (SSSR count). The van der Waals surface area contributed by atoms with Gasteiger partial charge in [0.25, 0.3) is 5.91 Å². The number of aliphatic hydroxyl groups excluding tert-OH is 1. The zero-order valence-corrected chi connectivity index (χ0v) is 15.3. The Bertz CT molecular complexity index is 735. The second-order valence-electron chi connectivity index (χ2n) is 6.41.